The van der Waals surface area contributed by atoms with E-state index in [0.29, 0.717) is 6.42 Å². The van der Waals surface area contributed by atoms with Gasteiger partial charge in [0, 0.05) is 17.7 Å². The molecule has 0 bridgehead atoms. The molecule has 0 spiro atoms. The molecule has 1 aromatic rings. The van der Waals surface area contributed by atoms with Gasteiger partial charge in [-0.15, -0.1) is 0 Å². The van der Waals surface area contributed by atoms with Gasteiger partial charge in [0.2, 0.25) is 5.91 Å². The van der Waals surface area contributed by atoms with Crippen molar-refractivity contribution >= 4 is 11.6 Å². The van der Waals surface area contributed by atoms with Gasteiger partial charge in [-0.1, -0.05) is 24.8 Å². The number of benzene rings is 1. The predicted octanol–water partition coefficient (Wildman–Crippen LogP) is 1.69. The van der Waals surface area contributed by atoms with Crippen LogP contribution in [0, 0.1) is 18.8 Å². The molecule has 0 aliphatic heterocycles. The van der Waals surface area contributed by atoms with E-state index in [4.69, 9.17) is 5.11 Å². The highest BCUT2D eigenvalue weighted by Gasteiger charge is 2.02. The Morgan fingerprint density at radius 1 is 1.50 bits per heavy atom. The molecule has 0 radical (unpaired) electrons. The number of amides is 1. The molecule has 0 heterocycles. The number of rotatable bonds is 2. The lowest BCUT2D eigenvalue weighted by molar-refractivity contribution is -0.115. The molecule has 0 aliphatic carbocycles. The number of anilines is 1. The van der Waals surface area contributed by atoms with Crippen LogP contribution in [0.25, 0.3) is 0 Å². The molecular weight excluding hydrogens is 202 g/mol. The van der Waals surface area contributed by atoms with E-state index >= 15 is 0 Å². The molecule has 0 aliphatic rings. The Balaban J connectivity index is 2.94. The van der Waals surface area contributed by atoms with Gasteiger partial charge in [0.05, 0.1) is 0 Å². The molecule has 1 amide bonds. The highest BCUT2D eigenvalue weighted by Crippen LogP contribution is 2.16. The largest absolute Gasteiger partial charge is 0.384 e. The Morgan fingerprint density at radius 2 is 2.25 bits per heavy atom. The molecule has 0 saturated heterocycles. The summed E-state index contributed by atoms with van der Waals surface area (Å²) < 4.78 is 0. The molecule has 0 aromatic heterocycles. The molecule has 3 nitrogen and oxygen atoms in total. The van der Waals surface area contributed by atoms with E-state index in [9.17, 15) is 4.79 Å². The van der Waals surface area contributed by atoms with Crippen LogP contribution >= 0.6 is 0 Å². The second kappa shape index (κ2) is 5.94. The first-order valence-corrected chi connectivity index (χ1v) is 5.17. The van der Waals surface area contributed by atoms with Gasteiger partial charge in [-0.05, 0) is 24.6 Å². The van der Waals surface area contributed by atoms with Gasteiger partial charge in [-0.25, -0.2) is 0 Å². The maximum Gasteiger partial charge on any atom is 0.224 e. The van der Waals surface area contributed by atoms with E-state index in [1.165, 1.54) is 0 Å². The summed E-state index contributed by atoms with van der Waals surface area (Å²) in [4.78, 5) is 11.3. The molecule has 0 atom stereocenters. The van der Waals surface area contributed by atoms with Crippen molar-refractivity contribution in [2.45, 2.75) is 20.3 Å². The first-order chi connectivity index (χ1) is 7.67. The third kappa shape index (κ3) is 3.41. The Labute approximate surface area is 95.5 Å². The lowest BCUT2D eigenvalue weighted by Crippen LogP contribution is -2.10. The van der Waals surface area contributed by atoms with Gasteiger partial charge in [-0.2, -0.15) is 0 Å². The number of aryl methyl sites for hydroxylation is 1. The molecule has 3 heteroatoms. The summed E-state index contributed by atoms with van der Waals surface area (Å²) in [5.74, 6) is 5.36. The standard InChI is InChI=1S/C13H15NO2/c1-3-13(16)14-12-9-11(5-4-8-15)7-6-10(12)2/h6-7,9,15H,3,8H2,1-2H3,(H,14,16). The summed E-state index contributed by atoms with van der Waals surface area (Å²) in [5.41, 5.74) is 2.55. The summed E-state index contributed by atoms with van der Waals surface area (Å²) in [5, 5.41) is 11.4. The number of aliphatic hydroxyl groups is 1. The molecule has 0 fully saturated rings. The van der Waals surface area contributed by atoms with Crippen LogP contribution in [0.15, 0.2) is 18.2 Å². The fraction of sp³-hybridized carbons (Fsp3) is 0.308. The number of carbonyl (C=O) groups is 1. The van der Waals surface area contributed by atoms with E-state index in [1.807, 2.05) is 25.1 Å². The van der Waals surface area contributed by atoms with Crippen molar-refractivity contribution in [1.29, 1.82) is 0 Å². The van der Waals surface area contributed by atoms with Crippen LogP contribution in [0.5, 0.6) is 0 Å². The van der Waals surface area contributed by atoms with Crippen molar-refractivity contribution in [3.8, 4) is 11.8 Å². The minimum absolute atomic E-state index is 0.0182. The van der Waals surface area contributed by atoms with E-state index < -0.39 is 0 Å². The molecule has 16 heavy (non-hydrogen) atoms. The lowest BCUT2D eigenvalue weighted by Gasteiger charge is -2.07. The zero-order valence-corrected chi connectivity index (χ0v) is 9.50. The quantitative estimate of drug-likeness (QED) is 0.740. The minimum atomic E-state index is -0.162. The summed E-state index contributed by atoms with van der Waals surface area (Å²) in [6.07, 6.45) is 0.450. The maximum absolute atomic E-state index is 11.3. The molecular formula is C13H15NO2. The van der Waals surface area contributed by atoms with Crippen LogP contribution in [-0.2, 0) is 4.79 Å². The van der Waals surface area contributed by atoms with Crippen molar-refractivity contribution in [2.75, 3.05) is 11.9 Å². The van der Waals surface area contributed by atoms with Crippen molar-refractivity contribution in [3.63, 3.8) is 0 Å². The van der Waals surface area contributed by atoms with Gasteiger partial charge in [-0.3, -0.25) is 4.79 Å². The number of nitrogens with one attached hydrogen (secondary N) is 1. The molecule has 1 aromatic carbocycles. The maximum atomic E-state index is 11.3. The lowest BCUT2D eigenvalue weighted by atomic mass is 10.1. The van der Waals surface area contributed by atoms with Crippen LogP contribution < -0.4 is 5.32 Å². The first-order valence-electron chi connectivity index (χ1n) is 5.17. The molecule has 2 N–H and O–H groups in total. The van der Waals surface area contributed by atoms with Crippen molar-refractivity contribution in [2.24, 2.45) is 0 Å². The topological polar surface area (TPSA) is 49.3 Å². The smallest absolute Gasteiger partial charge is 0.224 e. The zero-order chi connectivity index (χ0) is 12.0. The van der Waals surface area contributed by atoms with E-state index in [-0.39, 0.29) is 12.5 Å². The molecule has 1 rings (SSSR count). The zero-order valence-electron chi connectivity index (χ0n) is 9.50. The Morgan fingerprint density at radius 3 is 2.88 bits per heavy atom. The highest BCUT2D eigenvalue weighted by atomic mass is 16.2. The van der Waals surface area contributed by atoms with Crippen LogP contribution in [0.3, 0.4) is 0 Å². The fourth-order valence-electron chi connectivity index (χ4n) is 1.21. The summed E-state index contributed by atoms with van der Waals surface area (Å²) in [7, 11) is 0. The van der Waals surface area contributed by atoms with Crippen LogP contribution in [-0.4, -0.2) is 17.6 Å². The second-order valence-corrected chi connectivity index (χ2v) is 3.39. The van der Waals surface area contributed by atoms with E-state index in [0.717, 1.165) is 16.8 Å². The van der Waals surface area contributed by atoms with E-state index in [1.54, 1.807) is 6.92 Å². The summed E-state index contributed by atoms with van der Waals surface area (Å²) in [6.45, 7) is 3.57. The monoisotopic (exact) mass is 217 g/mol. The number of aliphatic hydroxyl groups excluding tert-OH is 1. The third-order valence-electron chi connectivity index (χ3n) is 2.14. The predicted molar refractivity (Wildman–Crippen MR) is 64.1 cm³/mol. The van der Waals surface area contributed by atoms with Crippen molar-refractivity contribution in [3.05, 3.63) is 29.3 Å². The number of hydrogen-bond acceptors (Lipinski definition) is 2. The molecule has 0 unspecified atom stereocenters. The van der Waals surface area contributed by atoms with Gasteiger partial charge >= 0.3 is 0 Å². The van der Waals surface area contributed by atoms with E-state index in [2.05, 4.69) is 17.2 Å². The fourth-order valence-corrected chi connectivity index (χ4v) is 1.21. The van der Waals surface area contributed by atoms with Gasteiger partial charge < -0.3 is 10.4 Å². The summed E-state index contributed by atoms with van der Waals surface area (Å²) >= 11 is 0. The number of hydrogen-bond donors (Lipinski definition) is 2. The normalized spacial score (nSPS) is 9.19. The van der Waals surface area contributed by atoms with Crippen LogP contribution in [0.4, 0.5) is 5.69 Å². The summed E-state index contributed by atoms with van der Waals surface area (Å²) in [6, 6.07) is 5.57. The highest BCUT2D eigenvalue weighted by molar-refractivity contribution is 5.91. The van der Waals surface area contributed by atoms with Gasteiger partial charge in [0.15, 0.2) is 0 Å². The van der Waals surface area contributed by atoms with Crippen molar-refractivity contribution in [1.82, 2.24) is 0 Å². The Bertz CT molecular complexity index is 441. The Kier molecular flexibility index (Phi) is 4.56. The van der Waals surface area contributed by atoms with Gasteiger partial charge in [0.25, 0.3) is 0 Å². The SMILES string of the molecule is CCC(=O)Nc1cc(C#CCO)ccc1C. The third-order valence-corrected chi connectivity index (χ3v) is 2.14. The molecule has 84 valence electrons. The van der Waals surface area contributed by atoms with Crippen LogP contribution in [0.2, 0.25) is 0 Å². The number of carbonyl (C=O) groups excluding carboxylic acids is 1. The second-order valence-electron chi connectivity index (χ2n) is 3.39. The average Bonchev–Trinajstić information content (AvgIpc) is 2.30. The molecule has 0 saturated carbocycles. The van der Waals surface area contributed by atoms with Crippen LogP contribution in [0.1, 0.15) is 24.5 Å². The minimum Gasteiger partial charge on any atom is -0.384 e. The first kappa shape index (κ1) is 12.3. The average molecular weight is 217 g/mol. The Hall–Kier alpha value is -1.79. The van der Waals surface area contributed by atoms with Crippen molar-refractivity contribution < 1.29 is 9.90 Å². The van der Waals surface area contributed by atoms with Gasteiger partial charge in [0.1, 0.15) is 6.61 Å².